The molecule has 296 valence electrons. The highest BCUT2D eigenvalue weighted by atomic mass is 15.0. The maximum Gasteiger partial charge on any atom is 0.0934 e. The molecule has 5 nitrogen and oxygen atoms in total. The molecule has 4 heterocycles. The molecule has 9 aromatic carbocycles. The molecular formula is C58H39N5. The molecule has 13 aromatic rings. The predicted molar refractivity (Wildman–Crippen MR) is 268 cm³/mol. The van der Waals surface area contributed by atoms with E-state index in [-0.39, 0.29) is 0 Å². The van der Waals surface area contributed by atoms with E-state index in [9.17, 15) is 0 Å². The summed E-state index contributed by atoms with van der Waals surface area (Å²) in [6.07, 6.45) is 4.16. The Balaban J connectivity index is 1.11. The number of hydrogen-bond acceptors (Lipinski definition) is 1. The van der Waals surface area contributed by atoms with Crippen molar-refractivity contribution in [3.8, 4) is 22.7 Å². The molecule has 0 saturated heterocycles. The average Bonchev–Trinajstić information content (AvgIpc) is 4.07. The van der Waals surface area contributed by atoms with Crippen molar-refractivity contribution in [3.63, 3.8) is 0 Å². The van der Waals surface area contributed by atoms with Gasteiger partial charge in [-0.15, -0.1) is 0 Å². The van der Waals surface area contributed by atoms with E-state index in [1.165, 1.54) is 70.7 Å². The largest absolute Gasteiger partial charge is 0.309 e. The number of hydrogen-bond donors (Lipinski definition) is 0. The third kappa shape index (κ3) is 4.90. The molecule has 0 saturated carbocycles. The lowest BCUT2D eigenvalue weighted by Crippen LogP contribution is -1.99. The number of para-hydroxylation sites is 6. The van der Waals surface area contributed by atoms with Crippen LogP contribution in [0.2, 0.25) is 0 Å². The summed E-state index contributed by atoms with van der Waals surface area (Å²) in [6.45, 7) is 6.08. The lowest BCUT2D eigenvalue weighted by Gasteiger charge is -2.14. The van der Waals surface area contributed by atoms with Gasteiger partial charge in [0.15, 0.2) is 0 Å². The van der Waals surface area contributed by atoms with Gasteiger partial charge in [0.25, 0.3) is 0 Å². The summed E-state index contributed by atoms with van der Waals surface area (Å²) in [5.74, 6) is 0. The van der Waals surface area contributed by atoms with E-state index in [0.717, 1.165) is 50.6 Å². The first-order chi connectivity index (χ1) is 31.2. The minimum Gasteiger partial charge on any atom is -0.309 e. The van der Waals surface area contributed by atoms with Crippen LogP contribution in [0.5, 0.6) is 0 Å². The minimum absolute atomic E-state index is 0.861. The average molecular weight is 806 g/mol. The standard InChI is InChI=1S/C58H39N5/c1-3-17-37-18-15-31-53(57(37)59-2)63-49-30-14-10-26-45(49)56-52(63)33-32-42-41-23-7-11-27-46(41)62(58(42)56)40-22-16-21-39(36-40)61-48-29-13-9-25-44(48)55-51(61)35-34-50-54(55)43-24-8-12-28-47(43)60(50)38-19-5-4-6-20-38/h3-36H,2H2,1H3/b17-3-. The summed E-state index contributed by atoms with van der Waals surface area (Å²) in [5.41, 5.74) is 15.6. The zero-order valence-electron chi connectivity index (χ0n) is 34.6. The number of rotatable bonds is 6. The van der Waals surface area contributed by atoms with Crippen LogP contribution in [0.4, 0.5) is 5.69 Å². The van der Waals surface area contributed by atoms with Gasteiger partial charge in [0, 0.05) is 65.7 Å². The second kappa shape index (κ2) is 13.5. The second-order valence-corrected chi connectivity index (χ2v) is 16.3. The van der Waals surface area contributed by atoms with Gasteiger partial charge in [-0.2, -0.15) is 0 Å². The number of aromatic nitrogens is 4. The first-order valence-corrected chi connectivity index (χ1v) is 21.5. The molecule has 13 rings (SSSR count). The minimum atomic E-state index is 0.861. The van der Waals surface area contributed by atoms with E-state index >= 15 is 0 Å². The van der Waals surface area contributed by atoms with Crippen LogP contribution in [0, 0.1) is 0 Å². The second-order valence-electron chi connectivity index (χ2n) is 16.3. The van der Waals surface area contributed by atoms with Gasteiger partial charge in [0.2, 0.25) is 0 Å². The maximum absolute atomic E-state index is 4.61. The van der Waals surface area contributed by atoms with Crippen LogP contribution < -0.4 is 0 Å². The fraction of sp³-hybridized carbons (Fsp3) is 0.0172. The van der Waals surface area contributed by atoms with E-state index in [1.54, 1.807) is 0 Å². The maximum atomic E-state index is 4.61. The molecular weight excluding hydrogens is 767 g/mol. The Morgan fingerprint density at radius 1 is 0.381 bits per heavy atom. The number of allylic oxidation sites excluding steroid dienone is 1. The highest BCUT2D eigenvalue weighted by Crippen LogP contribution is 2.45. The van der Waals surface area contributed by atoms with Crippen molar-refractivity contribution in [1.82, 2.24) is 18.3 Å². The van der Waals surface area contributed by atoms with Crippen LogP contribution in [-0.2, 0) is 0 Å². The van der Waals surface area contributed by atoms with Gasteiger partial charge < -0.3 is 18.3 Å². The smallest absolute Gasteiger partial charge is 0.0934 e. The van der Waals surface area contributed by atoms with E-state index in [0.29, 0.717) is 0 Å². The summed E-state index contributed by atoms with van der Waals surface area (Å²) in [6, 6.07) is 70.7. The van der Waals surface area contributed by atoms with Crippen LogP contribution in [0.25, 0.3) is 116 Å². The zero-order valence-corrected chi connectivity index (χ0v) is 34.6. The molecule has 0 fully saturated rings. The Hall–Kier alpha value is -8.41. The first kappa shape index (κ1) is 35.4. The number of benzene rings is 9. The van der Waals surface area contributed by atoms with Gasteiger partial charge >= 0.3 is 0 Å². The highest BCUT2D eigenvalue weighted by molar-refractivity contribution is 6.29. The van der Waals surface area contributed by atoms with Crippen molar-refractivity contribution in [1.29, 1.82) is 0 Å². The normalized spacial score (nSPS) is 12.2. The van der Waals surface area contributed by atoms with Gasteiger partial charge in [-0.3, -0.25) is 4.99 Å². The van der Waals surface area contributed by atoms with Crippen molar-refractivity contribution in [3.05, 3.63) is 206 Å². The highest BCUT2D eigenvalue weighted by Gasteiger charge is 2.24. The van der Waals surface area contributed by atoms with Gasteiger partial charge in [-0.25, -0.2) is 0 Å². The molecule has 0 aliphatic rings. The lowest BCUT2D eigenvalue weighted by molar-refractivity contribution is 1.14. The molecule has 0 N–H and O–H groups in total. The topological polar surface area (TPSA) is 32.1 Å². The predicted octanol–water partition coefficient (Wildman–Crippen LogP) is 15.4. The molecule has 0 aliphatic heterocycles. The SMILES string of the molecule is C=Nc1c(/C=C\C)cccc1-n1c2ccccc2c2c1ccc1c3ccccc3n(-c3cccc(-n4c5ccccc5c5c6c7ccccc7n(-c7ccccc7)c6ccc54)c3)c12. The molecule has 4 aromatic heterocycles. The summed E-state index contributed by atoms with van der Waals surface area (Å²) in [5, 5.41) is 9.83. The molecule has 0 spiro atoms. The Morgan fingerprint density at radius 2 is 0.857 bits per heavy atom. The van der Waals surface area contributed by atoms with Crippen LogP contribution in [0.1, 0.15) is 12.5 Å². The van der Waals surface area contributed by atoms with Crippen molar-refractivity contribution in [2.45, 2.75) is 6.92 Å². The third-order valence-electron chi connectivity index (χ3n) is 13.1. The Kier molecular flexibility index (Phi) is 7.60. The van der Waals surface area contributed by atoms with Gasteiger partial charge in [-0.1, -0.05) is 127 Å². The summed E-state index contributed by atoms with van der Waals surface area (Å²) in [7, 11) is 0. The number of nitrogens with zero attached hydrogens (tertiary/aromatic N) is 5. The summed E-state index contributed by atoms with van der Waals surface area (Å²) in [4.78, 5) is 4.61. The van der Waals surface area contributed by atoms with Crippen LogP contribution in [0.3, 0.4) is 0 Å². The number of fused-ring (bicyclic) bond motifs is 14. The first-order valence-electron chi connectivity index (χ1n) is 21.5. The number of aliphatic imine (C=N–C) groups is 1. The van der Waals surface area contributed by atoms with Crippen molar-refractivity contribution in [2.75, 3.05) is 0 Å². The van der Waals surface area contributed by atoms with E-state index in [4.69, 9.17) is 0 Å². The van der Waals surface area contributed by atoms with Crippen LogP contribution >= 0.6 is 0 Å². The fourth-order valence-electron chi connectivity index (χ4n) is 10.7. The van der Waals surface area contributed by atoms with Crippen molar-refractivity contribution < 1.29 is 0 Å². The molecule has 0 unspecified atom stereocenters. The monoisotopic (exact) mass is 805 g/mol. The van der Waals surface area contributed by atoms with E-state index < -0.39 is 0 Å². The molecule has 0 amide bonds. The molecule has 5 heteroatoms. The van der Waals surface area contributed by atoms with Crippen LogP contribution in [0.15, 0.2) is 205 Å². The van der Waals surface area contributed by atoms with Gasteiger partial charge in [0.05, 0.1) is 55.5 Å². The zero-order chi connectivity index (χ0) is 41.8. The summed E-state index contributed by atoms with van der Waals surface area (Å²) >= 11 is 0. The molecule has 63 heavy (non-hydrogen) atoms. The van der Waals surface area contributed by atoms with E-state index in [2.05, 4.69) is 236 Å². The quantitative estimate of drug-likeness (QED) is 0.150. The van der Waals surface area contributed by atoms with Gasteiger partial charge in [-0.05, 0) is 92.5 Å². The van der Waals surface area contributed by atoms with Crippen LogP contribution in [-0.4, -0.2) is 25.0 Å². The Labute approximate surface area is 362 Å². The molecule has 0 atom stereocenters. The summed E-state index contributed by atoms with van der Waals surface area (Å²) < 4.78 is 9.71. The van der Waals surface area contributed by atoms with Crippen molar-refractivity contribution >= 4 is 106 Å². The van der Waals surface area contributed by atoms with Gasteiger partial charge in [0.1, 0.15) is 0 Å². The van der Waals surface area contributed by atoms with E-state index in [1.807, 2.05) is 6.92 Å². The Morgan fingerprint density at radius 3 is 1.49 bits per heavy atom. The molecule has 0 aliphatic carbocycles. The molecule has 0 radical (unpaired) electrons. The van der Waals surface area contributed by atoms with Crippen molar-refractivity contribution in [2.24, 2.45) is 4.99 Å². The molecule has 0 bridgehead atoms. The lowest BCUT2D eigenvalue weighted by atomic mass is 10.1. The Bertz CT molecular complexity index is 4060. The third-order valence-corrected chi connectivity index (χ3v) is 13.1. The fourth-order valence-corrected chi connectivity index (χ4v) is 10.7.